The zero-order valence-corrected chi connectivity index (χ0v) is 13.9. The average Bonchev–Trinajstić information content (AvgIpc) is 2.53. The maximum atomic E-state index is 12.6. The number of alkyl halides is 3. The van der Waals surface area contributed by atoms with Crippen LogP contribution in [0, 0.1) is 0 Å². The van der Waals surface area contributed by atoms with Crippen LogP contribution >= 0.6 is 0 Å². The molecule has 1 aliphatic rings. The molecule has 0 unspecified atom stereocenters. The van der Waals surface area contributed by atoms with Gasteiger partial charge in [-0.3, -0.25) is 4.79 Å². The molecule has 1 saturated heterocycles. The molecule has 2 rings (SSSR count). The van der Waals surface area contributed by atoms with Crippen molar-refractivity contribution in [3.05, 3.63) is 35.4 Å². The van der Waals surface area contributed by atoms with Crippen LogP contribution in [0.4, 0.5) is 13.2 Å². The monoisotopic (exact) mass is 343 g/mol. The first-order chi connectivity index (χ1) is 11.3. The van der Waals surface area contributed by atoms with E-state index in [9.17, 15) is 18.0 Å². The van der Waals surface area contributed by atoms with Crippen LogP contribution in [0.1, 0.15) is 17.5 Å². The molecule has 134 valence electrons. The first-order valence-electron chi connectivity index (χ1n) is 8.18. The molecule has 0 aliphatic carbocycles. The van der Waals surface area contributed by atoms with Crippen molar-refractivity contribution >= 4 is 5.91 Å². The lowest BCUT2D eigenvalue weighted by molar-refractivity contribution is -0.137. The van der Waals surface area contributed by atoms with Crippen LogP contribution in [0.3, 0.4) is 0 Å². The maximum Gasteiger partial charge on any atom is 0.416 e. The smallest absolute Gasteiger partial charge is 0.356 e. The fourth-order valence-electron chi connectivity index (χ4n) is 2.71. The molecule has 0 bridgehead atoms. The minimum atomic E-state index is -4.38. The predicted octanol–water partition coefficient (Wildman–Crippen LogP) is 2.00. The van der Waals surface area contributed by atoms with Gasteiger partial charge in [-0.25, -0.2) is 0 Å². The van der Waals surface area contributed by atoms with Crippen LogP contribution < -0.4 is 5.32 Å². The molecular weight excluding hydrogens is 319 g/mol. The zero-order valence-electron chi connectivity index (χ0n) is 13.9. The highest BCUT2D eigenvalue weighted by atomic mass is 19.4. The minimum Gasteiger partial charge on any atom is -0.356 e. The van der Waals surface area contributed by atoms with Crippen molar-refractivity contribution < 1.29 is 18.0 Å². The Kier molecular flexibility index (Phi) is 6.62. The number of amides is 1. The molecule has 24 heavy (non-hydrogen) atoms. The number of rotatable bonds is 6. The summed E-state index contributed by atoms with van der Waals surface area (Å²) in [4.78, 5) is 16.5. The molecule has 1 N–H and O–H groups in total. The van der Waals surface area contributed by atoms with Gasteiger partial charge in [-0.05, 0) is 31.6 Å². The van der Waals surface area contributed by atoms with Crippen LogP contribution in [-0.2, 0) is 17.4 Å². The van der Waals surface area contributed by atoms with Crippen LogP contribution in [0.15, 0.2) is 24.3 Å². The number of nitrogens with one attached hydrogen (secondary N) is 1. The summed E-state index contributed by atoms with van der Waals surface area (Å²) in [7, 11) is 2.10. The lowest BCUT2D eigenvalue weighted by Crippen LogP contribution is -2.45. The van der Waals surface area contributed by atoms with Crippen molar-refractivity contribution in [3.63, 3.8) is 0 Å². The quantitative estimate of drug-likeness (QED) is 0.803. The largest absolute Gasteiger partial charge is 0.416 e. The summed E-state index contributed by atoms with van der Waals surface area (Å²) in [5.41, 5.74) is -0.343. The molecule has 1 aliphatic heterocycles. The van der Waals surface area contributed by atoms with Crippen molar-refractivity contribution in [2.45, 2.75) is 19.0 Å². The van der Waals surface area contributed by atoms with Crippen molar-refractivity contribution in [3.8, 4) is 0 Å². The molecule has 0 radical (unpaired) electrons. The van der Waals surface area contributed by atoms with Gasteiger partial charge in [0, 0.05) is 32.7 Å². The molecule has 0 atom stereocenters. The summed E-state index contributed by atoms with van der Waals surface area (Å²) >= 11 is 0. The highest BCUT2D eigenvalue weighted by Crippen LogP contribution is 2.29. The van der Waals surface area contributed by atoms with E-state index >= 15 is 0 Å². The Morgan fingerprint density at radius 2 is 1.92 bits per heavy atom. The second-order valence-electron chi connectivity index (χ2n) is 6.22. The van der Waals surface area contributed by atoms with E-state index in [2.05, 4.69) is 22.2 Å². The van der Waals surface area contributed by atoms with Crippen LogP contribution in [0.25, 0.3) is 0 Å². The van der Waals surface area contributed by atoms with Crippen LogP contribution in [0.2, 0.25) is 0 Å². The first kappa shape index (κ1) is 18.7. The van der Waals surface area contributed by atoms with E-state index in [1.807, 2.05) is 0 Å². The van der Waals surface area contributed by atoms with Crippen LogP contribution in [0.5, 0.6) is 0 Å². The number of benzene rings is 1. The molecule has 4 nitrogen and oxygen atoms in total. The molecule has 1 amide bonds. The molecular formula is C17H24F3N3O. The number of carbonyl (C=O) groups excluding carboxylic acids is 1. The third-order valence-corrected chi connectivity index (χ3v) is 4.19. The van der Waals surface area contributed by atoms with E-state index < -0.39 is 11.7 Å². The van der Waals surface area contributed by atoms with E-state index in [1.165, 1.54) is 6.07 Å². The van der Waals surface area contributed by atoms with Crippen molar-refractivity contribution in [1.82, 2.24) is 15.1 Å². The summed E-state index contributed by atoms with van der Waals surface area (Å²) in [5, 5.41) is 2.78. The summed E-state index contributed by atoms with van der Waals surface area (Å²) in [6.07, 6.45) is -3.56. The number of likely N-dealkylation sites (N-methyl/N-ethyl adjacent to an activating group) is 1. The summed E-state index contributed by atoms with van der Waals surface area (Å²) in [6.45, 7) is 5.66. The van der Waals surface area contributed by atoms with Gasteiger partial charge < -0.3 is 15.1 Å². The van der Waals surface area contributed by atoms with E-state index in [4.69, 9.17) is 0 Å². The SMILES string of the molecule is CN1CCN(CCCNC(=O)Cc2cccc(C(F)(F)F)c2)CC1. The lowest BCUT2D eigenvalue weighted by atomic mass is 10.1. The van der Waals surface area contributed by atoms with E-state index in [1.54, 1.807) is 6.07 Å². The molecule has 0 saturated carbocycles. The van der Waals surface area contributed by atoms with Gasteiger partial charge in [0.05, 0.1) is 12.0 Å². The van der Waals surface area contributed by atoms with Gasteiger partial charge in [-0.1, -0.05) is 18.2 Å². The highest BCUT2D eigenvalue weighted by Gasteiger charge is 2.30. The highest BCUT2D eigenvalue weighted by molar-refractivity contribution is 5.78. The van der Waals surface area contributed by atoms with E-state index in [0.29, 0.717) is 12.1 Å². The van der Waals surface area contributed by atoms with Gasteiger partial charge in [0.2, 0.25) is 5.91 Å². The summed E-state index contributed by atoms with van der Waals surface area (Å²) in [5.74, 6) is -0.243. The van der Waals surface area contributed by atoms with Crippen molar-refractivity contribution in [2.24, 2.45) is 0 Å². The molecule has 1 heterocycles. The number of hydrogen-bond donors (Lipinski definition) is 1. The van der Waals surface area contributed by atoms with E-state index in [0.717, 1.165) is 51.3 Å². The Balaban J connectivity index is 1.68. The number of carbonyl (C=O) groups is 1. The van der Waals surface area contributed by atoms with Crippen molar-refractivity contribution in [2.75, 3.05) is 46.3 Å². The Morgan fingerprint density at radius 1 is 1.21 bits per heavy atom. The normalized spacial score (nSPS) is 17.0. The number of hydrogen-bond acceptors (Lipinski definition) is 3. The second-order valence-corrected chi connectivity index (χ2v) is 6.22. The van der Waals surface area contributed by atoms with Gasteiger partial charge in [0.15, 0.2) is 0 Å². The molecule has 1 aromatic carbocycles. The fraction of sp³-hybridized carbons (Fsp3) is 0.588. The standard InChI is InChI=1S/C17H24F3N3O/c1-22-8-10-23(11-9-22)7-3-6-21-16(24)13-14-4-2-5-15(12-14)17(18,19)20/h2,4-5,12H,3,6-11,13H2,1H3,(H,21,24). The number of halogens is 3. The summed E-state index contributed by atoms with van der Waals surface area (Å²) < 4.78 is 37.9. The Labute approximate surface area is 140 Å². The van der Waals surface area contributed by atoms with Gasteiger partial charge in [-0.2, -0.15) is 13.2 Å². The Morgan fingerprint density at radius 3 is 2.58 bits per heavy atom. The summed E-state index contributed by atoms with van der Waals surface area (Å²) in [6, 6.07) is 4.92. The minimum absolute atomic E-state index is 0.0293. The van der Waals surface area contributed by atoms with Gasteiger partial charge in [0.1, 0.15) is 0 Å². The maximum absolute atomic E-state index is 12.6. The van der Waals surface area contributed by atoms with E-state index in [-0.39, 0.29) is 12.3 Å². The van der Waals surface area contributed by atoms with Gasteiger partial charge >= 0.3 is 6.18 Å². The Hall–Kier alpha value is -1.60. The first-order valence-corrected chi connectivity index (χ1v) is 8.18. The lowest BCUT2D eigenvalue weighted by Gasteiger charge is -2.32. The molecule has 7 heteroatoms. The predicted molar refractivity (Wildman–Crippen MR) is 86.7 cm³/mol. The molecule has 0 spiro atoms. The third-order valence-electron chi connectivity index (χ3n) is 4.19. The molecule has 1 fully saturated rings. The molecule has 1 aromatic rings. The molecule has 0 aromatic heterocycles. The fourth-order valence-corrected chi connectivity index (χ4v) is 2.71. The second kappa shape index (κ2) is 8.48. The third kappa shape index (κ3) is 6.13. The van der Waals surface area contributed by atoms with Crippen molar-refractivity contribution in [1.29, 1.82) is 0 Å². The Bertz CT molecular complexity index is 540. The van der Waals surface area contributed by atoms with Gasteiger partial charge in [-0.15, -0.1) is 0 Å². The number of nitrogens with zero attached hydrogens (tertiary/aromatic N) is 2. The average molecular weight is 343 g/mol. The van der Waals surface area contributed by atoms with Gasteiger partial charge in [0.25, 0.3) is 0 Å². The zero-order chi connectivity index (χ0) is 17.6. The van der Waals surface area contributed by atoms with Crippen LogP contribution in [-0.4, -0.2) is 62.0 Å². The topological polar surface area (TPSA) is 35.6 Å². The number of piperazine rings is 1.